The summed E-state index contributed by atoms with van der Waals surface area (Å²) in [6.45, 7) is 3.65. The fourth-order valence-electron chi connectivity index (χ4n) is 1.41. The van der Waals surface area contributed by atoms with E-state index >= 15 is 0 Å². The molecule has 0 radical (unpaired) electrons. The van der Waals surface area contributed by atoms with E-state index in [1.807, 2.05) is 13.8 Å². The monoisotopic (exact) mass is 229 g/mol. The van der Waals surface area contributed by atoms with Crippen LogP contribution < -0.4 is 5.14 Å². The van der Waals surface area contributed by atoms with Gasteiger partial charge >= 0.3 is 0 Å². The topological polar surface area (TPSA) is 80.4 Å². The summed E-state index contributed by atoms with van der Waals surface area (Å²) in [7, 11) is -3.69. The Bertz CT molecular complexity index is 452. The van der Waals surface area contributed by atoms with Crippen LogP contribution in [0.4, 0.5) is 0 Å². The fourth-order valence-corrected chi connectivity index (χ4v) is 2.29. The highest BCUT2D eigenvalue weighted by atomic mass is 32.2. The molecule has 0 spiro atoms. The molecule has 0 fully saturated rings. The van der Waals surface area contributed by atoms with Gasteiger partial charge in [0.1, 0.15) is 0 Å². The fraction of sp³-hybridized carbons (Fsp3) is 0.400. The average molecular weight is 229 g/mol. The molecule has 1 aromatic carbocycles. The standard InChI is InChI=1S/C10H15NO3S/c1-7(2)9-5-8(6-12)3-4-10(9)15(11,13)14/h3-5,7,12H,6H2,1-2H3,(H2,11,13,14). The Morgan fingerprint density at radius 2 is 2.00 bits per heavy atom. The molecule has 0 aliphatic rings. The van der Waals surface area contributed by atoms with E-state index in [-0.39, 0.29) is 17.4 Å². The van der Waals surface area contributed by atoms with Crippen molar-refractivity contribution in [3.05, 3.63) is 29.3 Å². The van der Waals surface area contributed by atoms with Crippen LogP contribution in [-0.4, -0.2) is 13.5 Å². The first-order chi connectivity index (χ1) is 6.86. The maximum Gasteiger partial charge on any atom is 0.238 e. The Morgan fingerprint density at radius 3 is 2.40 bits per heavy atom. The van der Waals surface area contributed by atoms with Crippen LogP contribution in [0.2, 0.25) is 0 Å². The van der Waals surface area contributed by atoms with E-state index < -0.39 is 10.0 Å². The highest BCUT2D eigenvalue weighted by Crippen LogP contribution is 2.24. The third-order valence-corrected chi connectivity index (χ3v) is 3.17. The number of aliphatic hydroxyl groups is 1. The van der Waals surface area contributed by atoms with Crippen LogP contribution >= 0.6 is 0 Å². The van der Waals surface area contributed by atoms with Gasteiger partial charge in [-0.15, -0.1) is 0 Å². The Balaban J connectivity index is 3.41. The van der Waals surface area contributed by atoms with Gasteiger partial charge in [-0.1, -0.05) is 26.0 Å². The molecule has 0 aromatic heterocycles. The van der Waals surface area contributed by atoms with E-state index in [9.17, 15) is 8.42 Å². The first kappa shape index (κ1) is 12.2. The lowest BCUT2D eigenvalue weighted by Gasteiger charge is -2.12. The number of hydrogen-bond acceptors (Lipinski definition) is 3. The third-order valence-electron chi connectivity index (χ3n) is 2.19. The second-order valence-electron chi connectivity index (χ2n) is 3.73. The Hall–Kier alpha value is -0.910. The van der Waals surface area contributed by atoms with Gasteiger partial charge in [0.25, 0.3) is 0 Å². The number of hydrogen-bond donors (Lipinski definition) is 2. The van der Waals surface area contributed by atoms with Crippen molar-refractivity contribution in [3.63, 3.8) is 0 Å². The molecule has 5 heteroatoms. The number of primary sulfonamides is 1. The lowest BCUT2D eigenvalue weighted by Crippen LogP contribution is -2.15. The van der Waals surface area contributed by atoms with Gasteiger partial charge in [0.15, 0.2) is 0 Å². The van der Waals surface area contributed by atoms with Gasteiger partial charge in [-0.05, 0) is 23.1 Å². The zero-order valence-electron chi connectivity index (χ0n) is 8.77. The predicted octanol–water partition coefficient (Wildman–Crippen LogP) is 0.950. The SMILES string of the molecule is CC(C)c1cc(CO)ccc1S(N)(=O)=O. The maximum absolute atomic E-state index is 11.3. The van der Waals surface area contributed by atoms with Crippen LogP contribution in [-0.2, 0) is 16.6 Å². The van der Waals surface area contributed by atoms with Crippen molar-refractivity contribution in [2.45, 2.75) is 31.3 Å². The average Bonchev–Trinajstić information content (AvgIpc) is 2.15. The maximum atomic E-state index is 11.3. The molecule has 1 rings (SSSR count). The van der Waals surface area contributed by atoms with Gasteiger partial charge < -0.3 is 5.11 Å². The molecule has 3 N–H and O–H groups in total. The molecule has 1 aromatic rings. The number of benzene rings is 1. The van der Waals surface area contributed by atoms with E-state index in [4.69, 9.17) is 10.2 Å². The quantitative estimate of drug-likeness (QED) is 0.809. The molecule has 0 bridgehead atoms. The minimum atomic E-state index is -3.69. The van der Waals surface area contributed by atoms with Crippen molar-refractivity contribution in [1.29, 1.82) is 0 Å². The van der Waals surface area contributed by atoms with Crippen molar-refractivity contribution in [1.82, 2.24) is 0 Å². The predicted molar refractivity (Wildman–Crippen MR) is 57.8 cm³/mol. The summed E-state index contributed by atoms with van der Waals surface area (Å²) in [5.41, 5.74) is 1.33. The van der Waals surface area contributed by atoms with Crippen LogP contribution in [0.3, 0.4) is 0 Å². The number of aliphatic hydroxyl groups excluding tert-OH is 1. The summed E-state index contributed by atoms with van der Waals surface area (Å²) < 4.78 is 22.5. The molecule has 0 heterocycles. The van der Waals surface area contributed by atoms with Crippen molar-refractivity contribution in [3.8, 4) is 0 Å². The van der Waals surface area contributed by atoms with E-state index in [1.165, 1.54) is 6.07 Å². The zero-order chi connectivity index (χ0) is 11.6. The Kier molecular flexibility index (Phi) is 3.49. The van der Waals surface area contributed by atoms with Gasteiger partial charge in [0, 0.05) is 0 Å². The summed E-state index contributed by atoms with van der Waals surface area (Å²) >= 11 is 0. The lowest BCUT2D eigenvalue weighted by atomic mass is 10.0. The normalized spacial score (nSPS) is 12.1. The summed E-state index contributed by atoms with van der Waals surface area (Å²) in [5, 5.41) is 14.1. The largest absolute Gasteiger partial charge is 0.392 e. The van der Waals surface area contributed by atoms with Gasteiger partial charge in [0.2, 0.25) is 10.0 Å². The second-order valence-corrected chi connectivity index (χ2v) is 5.26. The van der Waals surface area contributed by atoms with Gasteiger partial charge in [-0.3, -0.25) is 0 Å². The number of nitrogens with two attached hydrogens (primary N) is 1. The molecule has 15 heavy (non-hydrogen) atoms. The lowest BCUT2D eigenvalue weighted by molar-refractivity contribution is 0.281. The van der Waals surface area contributed by atoms with E-state index in [0.717, 1.165) is 0 Å². The van der Waals surface area contributed by atoms with Crippen LogP contribution in [0, 0.1) is 0 Å². The van der Waals surface area contributed by atoms with E-state index in [1.54, 1.807) is 12.1 Å². The highest BCUT2D eigenvalue weighted by molar-refractivity contribution is 7.89. The Morgan fingerprint density at radius 1 is 1.40 bits per heavy atom. The highest BCUT2D eigenvalue weighted by Gasteiger charge is 2.16. The van der Waals surface area contributed by atoms with Crippen LogP contribution in [0.15, 0.2) is 23.1 Å². The van der Waals surface area contributed by atoms with E-state index in [2.05, 4.69) is 0 Å². The zero-order valence-corrected chi connectivity index (χ0v) is 9.58. The van der Waals surface area contributed by atoms with Crippen molar-refractivity contribution < 1.29 is 13.5 Å². The molecule has 0 aliphatic carbocycles. The molecule has 84 valence electrons. The molecule has 0 aliphatic heterocycles. The third kappa shape index (κ3) is 2.77. The molecule has 0 saturated heterocycles. The summed E-state index contributed by atoms with van der Waals surface area (Å²) in [4.78, 5) is 0.134. The van der Waals surface area contributed by atoms with Crippen LogP contribution in [0.25, 0.3) is 0 Å². The minimum Gasteiger partial charge on any atom is -0.392 e. The first-order valence-electron chi connectivity index (χ1n) is 4.62. The van der Waals surface area contributed by atoms with Crippen LogP contribution in [0.1, 0.15) is 30.9 Å². The van der Waals surface area contributed by atoms with Gasteiger partial charge in [0.05, 0.1) is 11.5 Å². The van der Waals surface area contributed by atoms with Crippen molar-refractivity contribution in [2.24, 2.45) is 5.14 Å². The molecular weight excluding hydrogens is 214 g/mol. The summed E-state index contributed by atoms with van der Waals surface area (Å²) in [5.74, 6) is 0.0461. The molecule has 0 saturated carbocycles. The number of sulfonamides is 1. The minimum absolute atomic E-state index is 0.0461. The first-order valence-corrected chi connectivity index (χ1v) is 6.17. The molecule has 0 unspecified atom stereocenters. The van der Waals surface area contributed by atoms with Gasteiger partial charge in [-0.25, -0.2) is 13.6 Å². The van der Waals surface area contributed by atoms with Crippen LogP contribution in [0.5, 0.6) is 0 Å². The summed E-state index contributed by atoms with van der Waals surface area (Å²) in [6.07, 6.45) is 0. The van der Waals surface area contributed by atoms with Crippen molar-refractivity contribution >= 4 is 10.0 Å². The van der Waals surface area contributed by atoms with E-state index in [0.29, 0.717) is 11.1 Å². The Labute approximate surface area is 89.8 Å². The summed E-state index contributed by atoms with van der Waals surface area (Å²) in [6, 6.07) is 4.67. The second kappa shape index (κ2) is 4.30. The molecular formula is C10H15NO3S. The number of rotatable bonds is 3. The molecule has 0 atom stereocenters. The van der Waals surface area contributed by atoms with Crippen molar-refractivity contribution in [2.75, 3.05) is 0 Å². The molecule has 4 nitrogen and oxygen atoms in total. The van der Waals surface area contributed by atoms with Gasteiger partial charge in [-0.2, -0.15) is 0 Å². The smallest absolute Gasteiger partial charge is 0.238 e. The molecule has 0 amide bonds.